The summed E-state index contributed by atoms with van der Waals surface area (Å²) < 4.78 is 10.4. The zero-order valence-corrected chi connectivity index (χ0v) is 16.5. The van der Waals surface area contributed by atoms with Crippen molar-refractivity contribution < 1.29 is 29.0 Å². The third kappa shape index (κ3) is 3.91. The maximum Gasteiger partial charge on any atom is 0.323 e. The van der Waals surface area contributed by atoms with Crippen LogP contribution in [0.2, 0.25) is 0 Å². The maximum atomic E-state index is 12.6. The van der Waals surface area contributed by atoms with Crippen molar-refractivity contribution in [3.8, 4) is 0 Å². The normalized spacial score (nSPS) is 24.0. The smallest absolute Gasteiger partial charge is 0.323 e. The molecule has 0 aliphatic heterocycles. The number of esters is 2. The number of nitrogens with one attached hydrogen (secondary N) is 1. The second kappa shape index (κ2) is 7.75. The Hall–Kier alpha value is -1.93. The number of halogens is 1. The van der Waals surface area contributed by atoms with Gasteiger partial charge in [0, 0.05) is 17.4 Å². The van der Waals surface area contributed by atoms with Gasteiger partial charge in [-0.05, 0) is 31.0 Å². The first-order valence-corrected chi connectivity index (χ1v) is 8.87. The number of ether oxygens (including phenoxy) is 2. The SMILES string of the molecule is COC(=O)C1(C(=O)OC)C[C@H](C(=O)NCc2ccc(Br)cc2)[C@](C)(O)C1. The predicted molar refractivity (Wildman–Crippen MR) is 95.8 cm³/mol. The molecule has 0 unspecified atom stereocenters. The Labute approximate surface area is 160 Å². The van der Waals surface area contributed by atoms with Gasteiger partial charge in [0.15, 0.2) is 5.41 Å². The van der Waals surface area contributed by atoms with E-state index in [2.05, 4.69) is 21.2 Å². The third-order valence-electron chi connectivity index (χ3n) is 4.81. The Morgan fingerprint density at radius 2 is 1.73 bits per heavy atom. The monoisotopic (exact) mass is 427 g/mol. The average molecular weight is 428 g/mol. The van der Waals surface area contributed by atoms with Crippen LogP contribution in [0.1, 0.15) is 25.3 Å². The molecule has 1 fully saturated rings. The van der Waals surface area contributed by atoms with Crippen LogP contribution >= 0.6 is 15.9 Å². The Morgan fingerprint density at radius 1 is 1.19 bits per heavy atom. The maximum absolute atomic E-state index is 12.6. The van der Waals surface area contributed by atoms with E-state index in [1.807, 2.05) is 24.3 Å². The number of rotatable bonds is 5. The summed E-state index contributed by atoms with van der Waals surface area (Å²) in [5.41, 5.74) is -2.36. The molecule has 0 heterocycles. The second-order valence-corrected chi connectivity index (χ2v) is 7.62. The zero-order chi connectivity index (χ0) is 19.5. The molecule has 26 heavy (non-hydrogen) atoms. The van der Waals surface area contributed by atoms with Gasteiger partial charge in [-0.1, -0.05) is 28.1 Å². The van der Waals surface area contributed by atoms with Crippen LogP contribution in [0, 0.1) is 11.3 Å². The molecule has 1 aromatic rings. The van der Waals surface area contributed by atoms with Crippen LogP contribution < -0.4 is 5.32 Å². The van der Waals surface area contributed by atoms with Crippen LogP contribution in [0.15, 0.2) is 28.7 Å². The van der Waals surface area contributed by atoms with Gasteiger partial charge in [0.05, 0.1) is 25.7 Å². The summed E-state index contributed by atoms with van der Waals surface area (Å²) >= 11 is 3.34. The number of methoxy groups -OCH3 is 2. The molecule has 0 aromatic heterocycles. The summed E-state index contributed by atoms with van der Waals surface area (Å²) in [5.74, 6) is -3.01. The quantitative estimate of drug-likeness (QED) is 0.545. The minimum absolute atomic E-state index is 0.175. The molecule has 2 rings (SSSR count). The molecule has 0 spiro atoms. The highest BCUT2D eigenvalue weighted by molar-refractivity contribution is 9.10. The fourth-order valence-electron chi connectivity index (χ4n) is 3.45. The minimum Gasteiger partial charge on any atom is -0.468 e. The number of hydrogen-bond acceptors (Lipinski definition) is 6. The summed E-state index contributed by atoms with van der Waals surface area (Å²) in [6.07, 6.45) is -0.415. The number of carbonyl (C=O) groups excluding carboxylic acids is 3. The van der Waals surface area contributed by atoms with Crippen LogP contribution in [0.4, 0.5) is 0 Å². The molecule has 1 saturated carbocycles. The van der Waals surface area contributed by atoms with Crippen LogP contribution in [0.5, 0.6) is 0 Å². The van der Waals surface area contributed by atoms with E-state index in [0.29, 0.717) is 0 Å². The van der Waals surface area contributed by atoms with Crippen molar-refractivity contribution in [2.45, 2.75) is 31.9 Å². The predicted octanol–water partition coefficient (Wildman–Crippen LogP) is 1.56. The summed E-state index contributed by atoms with van der Waals surface area (Å²) in [6, 6.07) is 7.41. The molecule has 8 heteroatoms. The van der Waals surface area contributed by atoms with Crippen molar-refractivity contribution in [2.75, 3.05) is 14.2 Å². The van der Waals surface area contributed by atoms with Crippen LogP contribution in [-0.4, -0.2) is 42.8 Å². The summed E-state index contributed by atoms with van der Waals surface area (Å²) in [4.78, 5) is 37.1. The number of benzene rings is 1. The lowest BCUT2D eigenvalue weighted by Crippen LogP contribution is -2.41. The average Bonchev–Trinajstić information content (AvgIpc) is 2.92. The number of hydrogen-bond donors (Lipinski definition) is 2. The van der Waals surface area contributed by atoms with E-state index in [1.165, 1.54) is 6.92 Å². The molecule has 142 valence electrons. The molecular weight excluding hydrogens is 406 g/mol. The first kappa shape index (κ1) is 20.4. The standard InChI is InChI=1S/C18H22BrNO6/c1-17(24)10-18(15(22)25-2,16(23)26-3)8-13(17)14(21)20-9-11-4-6-12(19)7-5-11/h4-7,13,24H,8-10H2,1-3H3,(H,20,21)/t13-,17-/m1/s1. The van der Waals surface area contributed by atoms with Gasteiger partial charge in [-0.3, -0.25) is 14.4 Å². The molecule has 1 aliphatic carbocycles. The molecule has 0 radical (unpaired) electrons. The van der Waals surface area contributed by atoms with E-state index in [0.717, 1.165) is 24.3 Å². The van der Waals surface area contributed by atoms with Gasteiger partial charge in [-0.25, -0.2) is 0 Å². The van der Waals surface area contributed by atoms with Gasteiger partial charge in [-0.15, -0.1) is 0 Å². The number of carbonyl (C=O) groups is 3. The molecule has 1 aromatic carbocycles. The van der Waals surface area contributed by atoms with Gasteiger partial charge in [0.1, 0.15) is 0 Å². The van der Waals surface area contributed by atoms with E-state index in [-0.39, 0.29) is 19.4 Å². The fraction of sp³-hybridized carbons (Fsp3) is 0.500. The molecule has 1 aliphatic rings. The van der Waals surface area contributed by atoms with Gasteiger partial charge in [0.2, 0.25) is 5.91 Å². The molecule has 0 bridgehead atoms. The number of amides is 1. The Balaban J connectivity index is 2.17. The molecule has 0 saturated heterocycles. The molecule has 1 amide bonds. The molecular formula is C18H22BrNO6. The van der Waals surface area contributed by atoms with Gasteiger partial charge >= 0.3 is 11.9 Å². The van der Waals surface area contributed by atoms with Crippen LogP contribution in [-0.2, 0) is 30.4 Å². The summed E-state index contributed by atoms with van der Waals surface area (Å²) in [5, 5.41) is 13.4. The van der Waals surface area contributed by atoms with Crippen molar-refractivity contribution in [3.05, 3.63) is 34.3 Å². The topological polar surface area (TPSA) is 102 Å². The van der Waals surface area contributed by atoms with Gasteiger partial charge in [-0.2, -0.15) is 0 Å². The van der Waals surface area contributed by atoms with Crippen molar-refractivity contribution in [1.82, 2.24) is 5.32 Å². The highest BCUT2D eigenvalue weighted by Crippen LogP contribution is 2.49. The van der Waals surface area contributed by atoms with Crippen molar-refractivity contribution >= 4 is 33.8 Å². The van der Waals surface area contributed by atoms with Crippen LogP contribution in [0.3, 0.4) is 0 Å². The van der Waals surface area contributed by atoms with E-state index in [9.17, 15) is 19.5 Å². The largest absolute Gasteiger partial charge is 0.468 e. The fourth-order valence-corrected chi connectivity index (χ4v) is 3.71. The Kier molecular flexibility index (Phi) is 6.08. The van der Waals surface area contributed by atoms with E-state index in [4.69, 9.17) is 9.47 Å². The first-order valence-electron chi connectivity index (χ1n) is 8.07. The van der Waals surface area contributed by atoms with E-state index in [1.54, 1.807) is 0 Å². The van der Waals surface area contributed by atoms with Crippen molar-refractivity contribution in [1.29, 1.82) is 0 Å². The second-order valence-electron chi connectivity index (χ2n) is 6.70. The lowest BCUT2D eigenvalue weighted by Gasteiger charge is -2.25. The lowest BCUT2D eigenvalue weighted by atomic mass is 9.84. The van der Waals surface area contributed by atoms with E-state index >= 15 is 0 Å². The van der Waals surface area contributed by atoms with Gasteiger partial charge < -0.3 is 19.9 Å². The van der Waals surface area contributed by atoms with Crippen molar-refractivity contribution in [2.24, 2.45) is 11.3 Å². The highest BCUT2D eigenvalue weighted by Gasteiger charge is 2.63. The summed E-state index contributed by atoms with van der Waals surface area (Å²) in [6.45, 7) is 1.70. The summed E-state index contributed by atoms with van der Waals surface area (Å²) in [7, 11) is 2.31. The Bertz CT molecular complexity index is 684. The molecule has 2 atom stereocenters. The van der Waals surface area contributed by atoms with E-state index < -0.39 is 34.8 Å². The minimum atomic E-state index is -1.69. The van der Waals surface area contributed by atoms with Crippen molar-refractivity contribution in [3.63, 3.8) is 0 Å². The Morgan fingerprint density at radius 3 is 2.23 bits per heavy atom. The lowest BCUT2D eigenvalue weighted by molar-refractivity contribution is -0.170. The third-order valence-corrected chi connectivity index (χ3v) is 5.34. The zero-order valence-electron chi connectivity index (χ0n) is 14.9. The highest BCUT2D eigenvalue weighted by atomic mass is 79.9. The molecule has 2 N–H and O–H groups in total. The van der Waals surface area contributed by atoms with Crippen LogP contribution in [0.25, 0.3) is 0 Å². The van der Waals surface area contributed by atoms with Gasteiger partial charge in [0.25, 0.3) is 0 Å². The first-order chi connectivity index (χ1) is 12.2. The molecule has 7 nitrogen and oxygen atoms in total. The number of aliphatic hydroxyl groups is 1.